The lowest BCUT2D eigenvalue weighted by Gasteiger charge is -2.29. The van der Waals surface area contributed by atoms with E-state index in [9.17, 15) is 9.90 Å². The summed E-state index contributed by atoms with van der Waals surface area (Å²) >= 11 is 0. The third-order valence-electron chi connectivity index (χ3n) is 4.37. The Kier molecular flexibility index (Phi) is 7.20. The van der Waals surface area contributed by atoms with E-state index >= 15 is 0 Å². The van der Waals surface area contributed by atoms with Crippen molar-refractivity contribution in [2.75, 3.05) is 6.61 Å². The van der Waals surface area contributed by atoms with Crippen LogP contribution in [0.25, 0.3) is 5.76 Å². The number of hydrogen-bond donors (Lipinski definition) is 1. The fraction of sp³-hybridized carbons (Fsp3) is 0.409. The molecule has 3 heteroatoms. The highest BCUT2D eigenvalue weighted by atomic mass is 16.5. The van der Waals surface area contributed by atoms with Crippen LogP contribution in [0.15, 0.2) is 60.2 Å². The average molecular weight is 340 g/mol. The molecule has 2 rings (SSSR count). The van der Waals surface area contributed by atoms with Crippen molar-refractivity contribution in [2.45, 2.75) is 51.6 Å². The Labute approximate surface area is 150 Å². The summed E-state index contributed by atoms with van der Waals surface area (Å²) < 4.78 is 5.93. The van der Waals surface area contributed by atoms with Crippen LogP contribution in [0.2, 0.25) is 0 Å². The molecule has 1 aromatic carbocycles. The molecule has 0 bridgehead atoms. The molecule has 134 valence electrons. The van der Waals surface area contributed by atoms with Crippen molar-refractivity contribution >= 4 is 11.5 Å². The number of ketones is 1. The number of carbonyl (C=O) groups is 1. The molecule has 3 nitrogen and oxygen atoms in total. The second-order valence-corrected chi connectivity index (χ2v) is 6.70. The molecule has 1 atom stereocenters. The Bertz CT molecular complexity index is 655. The quantitative estimate of drug-likeness (QED) is 0.392. The molecule has 25 heavy (non-hydrogen) atoms. The van der Waals surface area contributed by atoms with Crippen molar-refractivity contribution in [1.29, 1.82) is 0 Å². The summed E-state index contributed by atoms with van der Waals surface area (Å²) in [5.74, 6) is 0.186. The van der Waals surface area contributed by atoms with Crippen molar-refractivity contribution in [2.24, 2.45) is 0 Å². The van der Waals surface area contributed by atoms with E-state index in [1.807, 2.05) is 43.3 Å². The van der Waals surface area contributed by atoms with Gasteiger partial charge in [-0.2, -0.15) is 0 Å². The van der Waals surface area contributed by atoms with Crippen LogP contribution >= 0.6 is 0 Å². The molecule has 0 saturated carbocycles. The molecule has 1 unspecified atom stereocenters. The number of hydrogen-bond acceptors (Lipinski definition) is 3. The smallest absolute Gasteiger partial charge is 0.166 e. The number of unbranched alkanes of at least 4 members (excludes halogenated alkanes) is 3. The van der Waals surface area contributed by atoms with Crippen LogP contribution in [-0.2, 0) is 9.53 Å². The highest BCUT2D eigenvalue weighted by molar-refractivity contribution is 6.00. The third-order valence-corrected chi connectivity index (χ3v) is 4.37. The van der Waals surface area contributed by atoms with Gasteiger partial charge in [-0.15, -0.1) is 0 Å². The zero-order chi connectivity index (χ0) is 18.1. The fourth-order valence-corrected chi connectivity index (χ4v) is 2.79. The summed E-state index contributed by atoms with van der Waals surface area (Å²) in [5, 5.41) is 10.1. The number of aliphatic hydroxyl groups is 1. The van der Waals surface area contributed by atoms with Gasteiger partial charge in [-0.1, -0.05) is 68.7 Å². The van der Waals surface area contributed by atoms with Crippen LogP contribution in [0.5, 0.6) is 0 Å². The number of Topliss-reactive ketones (excluding diaryl/α,β-unsaturated/α-hetero) is 1. The second-order valence-electron chi connectivity index (χ2n) is 6.70. The highest BCUT2D eigenvalue weighted by Gasteiger charge is 2.30. The topological polar surface area (TPSA) is 46.5 Å². The van der Waals surface area contributed by atoms with Crippen LogP contribution in [0.4, 0.5) is 0 Å². The van der Waals surface area contributed by atoms with Gasteiger partial charge in [0.15, 0.2) is 5.78 Å². The highest BCUT2D eigenvalue weighted by Crippen LogP contribution is 2.27. The minimum absolute atomic E-state index is 0.0377. The summed E-state index contributed by atoms with van der Waals surface area (Å²) in [4.78, 5) is 12.4. The van der Waals surface area contributed by atoms with Gasteiger partial charge in [0.25, 0.3) is 0 Å². The van der Waals surface area contributed by atoms with Crippen molar-refractivity contribution in [3.8, 4) is 0 Å². The molecular formula is C22H28O3. The molecule has 0 fully saturated rings. The van der Waals surface area contributed by atoms with E-state index < -0.39 is 5.60 Å². The van der Waals surface area contributed by atoms with Gasteiger partial charge in [0.2, 0.25) is 0 Å². The zero-order valence-corrected chi connectivity index (χ0v) is 15.2. The number of rotatable bonds is 8. The zero-order valence-electron chi connectivity index (χ0n) is 15.2. The lowest BCUT2D eigenvalue weighted by atomic mass is 9.88. The summed E-state index contributed by atoms with van der Waals surface area (Å²) in [7, 11) is 0. The van der Waals surface area contributed by atoms with E-state index in [1.165, 1.54) is 19.3 Å². The predicted octanol–water partition coefficient (Wildman–Crippen LogP) is 5.40. The van der Waals surface area contributed by atoms with Crippen molar-refractivity contribution in [3.05, 3.63) is 65.8 Å². The maximum Gasteiger partial charge on any atom is 0.166 e. The van der Waals surface area contributed by atoms with Gasteiger partial charge in [0.05, 0.1) is 5.60 Å². The summed E-state index contributed by atoms with van der Waals surface area (Å²) in [6.45, 7) is 4.82. The monoisotopic (exact) mass is 340 g/mol. The third kappa shape index (κ3) is 6.02. The van der Waals surface area contributed by atoms with Gasteiger partial charge in [0.1, 0.15) is 5.76 Å². The van der Waals surface area contributed by atoms with E-state index in [1.54, 1.807) is 18.2 Å². The van der Waals surface area contributed by atoms with Gasteiger partial charge in [-0.05, 0) is 25.5 Å². The first-order valence-corrected chi connectivity index (χ1v) is 9.07. The molecule has 1 N–H and O–H groups in total. The molecule has 1 aliphatic carbocycles. The lowest BCUT2D eigenvalue weighted by molar-refractivity contribution is -0.120. The van der Waals surface area contributed by atoms with Crippen LogP contribution in [0.1, 0.15) is 51.5 Å². The fourth-order valence-electron chi connectivity index (χ4n) is 2.79. The predicted molar refractivity (Wildman–Crippen MR) is 102 cm³/mol. The first-order valence-electron chi connectivity index (χ1n) is 9.07. The largest absolute Gasteiger partial charge is 0.507 e. The Morgan fingerprint density at radius 2 is 2.00 bits per heavy atom. The molecule has 0 saturated heterocycles. The van der Waals surface area contributed by atoms with Gasteiger partial charge in [-0.3, -0.25) is 4.79 Å². The van der Waals surface area contributed by atoms with Crippen molar-refractivity contribution < 1.29 is 14.6 Å². The Morgan fingerprint density at radius 1 is 1.24 bits per heavy atom. The van der Waals surface area contributed by atoms with Crippen LogP contribution < -0.4 is 0 Å². The Hall–Kier alpha value is -2.13. The lowest BCUT2D eigenvalue weighted by Crippen LogP contribution is -2.33. The molecular weight excluding hydrogens is 312 g/mol. The van der Waals surface area contributed by atoms with Crippen LogP contribution in [0, 0.1) is 0 Å². The Balaban J connectivity index is 1.97. The van der Waals surface area contributed by atoms with E-state index in [2.05, 4.69) is 6.92 Å². The first kappa shape index (κ1) is 19.2. The minimum Gasteiger partial charge on any atom is -0.507 e. The first-order chi connectivity index (χ1) is 12.0. The van der Waals surface area contributed by atoms with Crippen molar-refractivity contribution in [1.82, 2.24) is 0 Å². The molecule has 1 aliphatic rings. The number of benzene rings is 1. The maximum absolute atomic E-state index is 12.4. The summed E-state index contributed by atoms with van der Waals surface area (Å²) in [6.07, 6.45) is 11.9. The van der Waals surface area contributed by atoms with E-state index in [0.29, 0.717) is 18.6 Å². The number of carbonyl (C=O) groups excluding carboxylic acids is 1. The molecule has 0 radical (unpaired) electrons. The molecule has 0 aliphatic heterocycles. The second kappa shape index (κ2) is 9.38. The molecule has 0 aromatic heterocycles. The molecule has 1 aromatic rings. The van der Waals surface area contributed by atoms with Crippen molar-refractivity contribution in [3.63, 3.8) is 0 Å². The molecule has 0 spiro atoms. The minimum atomic E-state index is -0.522. The van der Waals surface area contributed by atoms with Gasteiger partial charge in [-0.25, -0.2) is 0 Å². The molecule has 0 amide bonds. The van der Waals surface area contributed by atoms with Crippen LogP contribution in [-0.4, -0.2) is 23.1 Å². The van der Waals surface area contributed by atoms with E-state index in [0.717, 1.165) is 12.0 Å². The maximum atomic E-state index is 12.4. The van der Waals surface area contributed by atoms with Gasteiger partial charge >= 0.3 is 0 Å². The van der Waals surface area contributed by atoms with Crippen LogP contribution in [0.3, 0.4) is 0 Å². The standard InChI is InChI=1S/C22H28O3/c1-3-4-5-9-16-25-22(2)15-14-19(21(24)17-22)12-13-20(23)18-10-7-6-8-11-18/h6-8,10-15,23H,3-5,9,16-17H2,1-2H3. The Morgan fingerprint density at radius 3 is 2.68 bits per heavy atom. The molecule has 0 heterocycles. The average Bonchev–Trinajstić information content (AvgIpc) is 2.61. The normalized spacial score (nSPS) is 22.6. The van der Waals surface area contributed by atoms with E-state index in [-0.39, 0.29) is 11.5 Å². The number of allylic oxidation sites excluding steroid dienone is 4. The number of ether oxygens (including phenoxy) is 1. The summed E-state index contributed by atoms with van der Waals surface area (Å²) in [5.41, 5.74) is 0.799. The number of aliphatic hydroxyl groups excluding tert-OH is 1. The van der Waals surface area contributed by atoms with Gasteiger partial charge < -0.3 is 9.84 Å². The SMILES string of the molecule is CCCCCCOC1(C)C=CC(=CC=C(O)c2ccccc2)C(=O)C1. The van der Waals surface area contributed by atoms with Gasteiger partial charge in [0, 0.05) is 24.2 Å². The summed E-state index contributed by atoms with van der Waals surface area (Å²) in [6, 6.07) is 9.27. The van der Waals surface area contributed by atoms with E-state index in [4.69, 9.17) is 4.74 Å².